The Kier molecular flexibility index (Phi) is 3.55. The average Bonchev–Trinajstić information content (AvgIpc) is 1.68. The van der Waals surface area contributed by atoms with Crippen molar-refractivity contribution in [1.29, 1.82) is 0 Å². The molecule has 0 heterocycles. The molecule has 1 radical (unpaired) electrons. The topological polar surface area (TPSA) is 52.3 Å². The minimum atomic E-state index is -0.579. The normalized spacial score (nSPS) is 13.4. The van der Waals surface area contributed by atoms with Gasteiger partial charge in [0.2, 0.25) is 6.29 Å². The highest BCUT2D eigenvalue weighted by molar-refractivity contribution is 5.57. The Bertz CT molecular complexity index is 55.7. The third kappa shape index (κ3) is 3.42. The Morgan fingerprint density at radius 3 is 2.71 bits per heavy atom. The van der Waals surface area contributed by atoms with Gasteiger partial charge < -0.3 is 10.5 Å². The highest BCUT2D eigenvalue weighted by Crippen LogP contribution is 1.69. The van der Waals surface area contributed by atoms with Gasteiger partial charge in [0, 0.05) is 7.11 Å². The molecule has 0 aromatic rings. The Morgan fingerprint density at radius 1 is 2.00 bits per heavy atom. The van der Waals surface area contributed by atoms with E-state index in [0.29, 0.717) is 0 Å². The maximum atomic E-state index is 9.56. The van der Waals surface area contributed by atoms with E-state index in [4.69, 9.17) is 5.73 Å². The summed E-state index contributed by atoms with van der Waals surface area (Å²) in [6.45, 7) is 0.253. The minimum Gasteiger partial charge on any atom is -0.383 e. The second-order valence-corrected chi connectivity index (χ2v) is 1.18. The smallest absolute Gasteiger partial charge is 0.219 e. The minimum absolute atomic E-state index is 0.253. The van der Waals surface area contributed by atoms with Crippen molar-refractivity contribution >= 4 is 6.29 Å². The molecular formula is C4H8NO2. The molecule has 0 saturated carbocycles. The first-order valence-electron chi connectivity index (χ1n) is 1.93. The highest BCUT2D eigenvalue weighted by atomic mass is 16.5. The molecule has 0 aromatic carbocycles. The van der Waals surface area contributed by atoms with E-state index in [0.717, 1.165) is 0 Å². The number of hydrogen-bond donors (Lipinski definition) is 1. The SMILES string of the molecule is COC[C@H](N)[C]=O. The molecule has 0 rings (SSSR count). The van der Waals surface area contributed by atoms with Gasteiger partial charge >= 0.3 is 0 Å². The zero-order valence-corrected chi connectivity index (χ0v) is 4.18. The summed E-state index contributed by atoms with van der Waals surface area (Å²) in [7, 11) is 1.48. The third-order valence-electron chi connectivity index (χ3n) is 0.498. The summed E-state index contributed by atoms with van der Waals surface area (Å²) in [5.74, 6) is 0. The molecule has 0 amide bonds. The lowest BCUT2D eigenvalue weighted by Gasteiger charge is -1.96. The number of methoxy groups -OCH3 is 1. The molecule has 3 heteroatoms. The number of nitrogens with two attached hydrogens (primary N) is 1. The Labute approximate surface area is 42.4 Å². The van der Waals surface area contributed by atoms with E-state index in [-0.39, 0.29) is 6.61 Å². The van der Waals surface area contributed by atoms with Crippen molar-refractivity contribution in [2.75, 3.05) is 13.7 Å². The lowest BCUT2D eigenvalue weighted by atomic mass is 10.4. The number of carbonyl (C=O) groups excluding carboxylic acids is 1. The maximum absolute atomic E-state index is 9.56. The van der Waals surface area contributed by atoms with Crippen LogP contribution in [0, 0.1) is 0 Å². The summed E-state index contributed by atoms with van der Waals surface area (Å²) in [5.41, 5.74) is 5.03. The Morgan fingerprint density at radius 2 is 2.57 bits per heavy atom. The molecule has 2 N–H and O–H groups in total. The largest absolute Gasteiger partial charge is 0.383 e. The van der Waals surface area contributed by atoms with E-state index in [2.05, 4.69) is 4.74 Å². The lowest BCUT2D eigenvalue weighted by Crippen LogP contribution is -2.26. The molecule has 41 valence electrons. The monoisotopic (exact) mass is 102 g/mol. The van der Waals surface area contributed by atoms with Gasteiger partial charge in [-0.05, 0) is 0 Å². The molecule has 0 fully saturated rings. The molecule has 0 aliphatic rings. The lowest BCUT2D eigenvalue weighted by molar-refractivity contribution is 0.195. The van der Waals surface area contributed by atoms with Crippen LogP contribution in [-0.4, -0.2) is 26.0 Å². The van der Waals surface area contributed by atoms with Crippen molar-refractivity contribution in [2.45, 2.75) is 6.04 Å². The van der Waals surface area contributed by atoms with Crippen LogP contribution in [0.5, 0.6) is 0 Å². The first-order chi connectivity index (χ1) is 3.31. The molecule has 3 nitrogen and oxygen atoms in total. The van der Waals surface area contributed by atoms with Gasteiger partial charge in [-0.1, -0.05) is 0 Å². The van der Waals surface area contributed by atoms with Crippen LogP contribution in [0.2, 0.25) is 0 Å². The highest BCUT2D eigenvalue weighted by Gasteiger charge is 1.95. The van der Waals surface area contributed by atoms with Crippen LogP contribution < -0.4 is 5.73 Å². The van der Waals surface area contributed by atoms with Crippen molar-refractivity contribution in [3.63, 3.8) is 0 Å². The summed E-state index contributed by atoms with van der Waals surface area (Å²) < 4.78 is 4.51. The van der Waals surface area contributed by atoms with Gasteiger partial charge in [-0.15, -0.1) is 0 Å². The molecule has 1 atom stereocenters. The summed E-state index contributed by atoms with van der Waals surface area (Å²) in [4.78, 5) is 9.56. The molecule has 0 bridgehead atoms. The first-order valence-corrected chi connectivity index (χ1v) is 1.93. The van der Waals surface area contributed by atoms with Crippen LogP contribution in [-0.2, 0) is 9.53 Å². The molecule has 0 aromatic heterocycles. The van der Waals surface area contributed by atoms with Crippen LogP contribution in [0.1, 0.15) is 0 Å². The van der Waals surface area contributed by atoms with Crippen LogP contribution in [0.15, 0.2) is 0 Å². The quantitative estimate of drug-likeness (QED) is 0.501. The van der Waals surface area contributed by atoms with Crippen LogP contribution in [0.25, 0.3) is 0 Å². The first kappa shape index (κ1) is 6.59. The molecule has 0 aliphatic carbocycles. The van der Waals surface area contributed by atoms with E-state index in [9.17, 15) is 4.79 Å². The van der Waals surface area contributed by atoms with Crippen molar-refractivity contribution < 1.29 is 9.53 Å². The fourth-order valence-electron chi connectivity index (χ4n) is 0.214. The molecule has 0 spiro atoms. The van der Waals surface area contributed by atoms with E-state index in [1.165, 1.54) is 7.11 Å². The van der Waals surface area contributed by atoms with Crippen molar-refractivity contribution in [3.05, 3.63) is 0 Å². The third-order valence-corrected chi connectivity index (χ3v) is 0.498. The fraction of sp³-hybridized carbons (Fsp3) is 0.750. The van der Waals surface area contributed by atoms with E-state index in [1.807, 2.05) is 0 Å². The van der Waals surface area contributed by atoms with Crippen molar-refractivity contribution in [3.8, 4) is 0 Å². The van der Waals surface area contributed by atoms with Gasteiger partial charge in [0.05, 0.1) is 12.6 Å². The van der Waals surface area contributed by atoms with Crippen LogP contribution in [0.4, 0.5) is 0 Å². The second kappa shape index (κ2) is 3.77. The summed E-state index contributed by atoms with van der Waals surface area (Å²) >= 11 is 0. The zero-order valence-electron chi connectivity index (χ0n) is 4.18. The van der Waals surface area contributed by atoms with Gasteiger partial charge in [-0.25, -0.2) is 0 Å². The van der Waals surface area contributed by atoms with E-state index < -0.39 is 6.04 Å². The number of hydrogen-bond acceptors (Lipinski definition) is 3. The molecule has 0 aliphatic heterocycles. The van der Waals surface area contributed by atoms with Crippen LogP contribution in [0.3, 0.4) is 0 Å². The number of ether oxygens (including phenoxy) is 1. The molecule has 0 saturated heterocycles. The Balaban J connectivity index is 2.98. The average molecular weight is 102 g/mol. The van der Waals surface area contributed by atoms with Gasteiger partial charge in [-0.2, -0.15) is 0 Å². The predicted molar refractivity (Wildman–Crippen MR) is 25.5 cm³/mol. The second-order valence-electron chi connectivity index (χ2n) is 1.18. The Hall–Kier alpha value is -0.410. The predicted octanol–water partition coefficient (Wildman–Crippen LogP) is -0.930. The molecule has 7 heavy (non-hydrogen) atoms. The fourth-order valence-corrected chi connectivity index (χ4v) is 0.214. The van der Waals surface area contributed by atoms with E-state index >= 15 is 0 Å². The maximum Gasteiger partial charge on any atom is 0.219 e. The molecule has 0 unspecified atom stereocenters. The zero-order chi connectivity index (χ0) is 5.70. The van der Waals surface area contributed by atoms with Crippen molar-refractivity contribution in [2.24, 2.45) is 5.73 Å². The standard InChI is InChI=1S/C4H8NO2/c1-7-3-4(5)2-6/h4H,3,5H2,1H3/t4-/m1/s1. The van der Waals surface area contributed by atoms with Gasteiger partial charge in [0.1, 0.15) is 0 Å². The van der Waals surface area contributed by atoms with Crippen LogP contribution >= 0.6 is 0 Å². The summed E-state index contributed by atoms with van der Waals surface area (Å²) in [5, 5.41) is 0. The molecular weight excluding hydrogens is 94.0 g/mol. The van der Waals surface area contributed by atoms with Crippen molar-refractivity contribution in [1.82, 2.24) is 0 Å². The van der Waals surface area contributed by atoms with Gasteiger partial charge in [-0.3, -0.25) is 4.79 Å². The van der Waals surface area contributed by atoms with Gasteiger partial charge in [0.15, 0.2) is 0 Å². The van der Waals surface area contributed by atoms with E-state index in [1.54, 1.807) is 6.29 Å². The summed E-state index contributed by atoms with van der Waals surface area (Å²) in [6.07, 6.45) is 1.57. The summed E-state index contributed by atoms with van der Waals surface area (Å²) in [6, 6.07) is -0.579. The van der Waals surface area contributed by atoms with Gasteiger partial charge in [0.25, 0.3) is 0 Å². The number of rotatable bonds is 3.